The standard InChI is InChI=1S/C19H24N2O2S/c22-24(23,18-8-7-15-4-1-2-5-17(15)14-18)21-12-9-16(10-13-21)19-6-3-11-20-19/h1-2,4-5,7-8,14,16,19-20H,3,6,9-13H2. The minimum absolute atomic E-state index is 0.415. The highest BCUT2D eigenvalue weighted by Crippen LogP contribution is 2.29. The fraction of sp³-hybridized carbons (Fsp3) is 0.474. The number of rotatable bonds is 3. The lowest BCUT2D eigenvalue weighted by Crippen LogP contribution is -2.43. The van der Waals surface area contributed by atoms with Crippen LogP contribution in [0.5, 0.6) is 0 Å². The summed E-state index contributed by atoms with van der Waals surface area (Å²) in [6.45, 7) is 2.39. The Hall–Kier alpha value is -1.43. The summed E-state index contributed by atoms with van der Waals surface area (Å²) in [5.41, 5.74) is 0. The molecule has 2 aliphatic rings. The first-order chi connectivity index (χ1) is 11.6. The van der Waals surface area contributed by atoms with E-state index in [2.05, 4.69) is 5.32 Å². The molecule has 1 unspecified atom stereocenters. The molecule has 2 aliphatic heterocycles. The van der Waals surface area contributed by atoms with Crippen molar-refractivity contribution < 1.29 is 8.42 Å². The third kappa shape index (κ3) is 2.96. The van der Waals surface area contributed by atoms with Crippen molar-refractivity contribution in [3.05, 3.63) is 42.5 Å². The van der Waals surface area contributed by atoms with Gasteiger partial charge in [-0.05, 0) is 61.1 Å². The van der Waals surface area contributed by atoms with Crippen LogP contribution in [0.15, 0.2) is 47.4 Å². The molecule has 2 aromatic carbocycles. The molecule has 1 atom stereocenters. The number of hydrogen-bond donors (Lipinski definition) is 1. The highest BCUT2D eigenvalue weighted by Gasteiger charge is 2.33. The smallest absolute Gasteiger partial charge is 0.243 e. The predicted molar refractivity (Wildman–Crippen MR) is 96.5 cm³/mol. The summed E-state index contributed by atoms with van der Waals surface area (Å²) >= 11 is 0. The van der Waals surface area contributed by atoms with Crippen molar-refractivity contribution in [1.29, 1.82) is 0 Å². The van der Waals surface area contributed by atoms with Gasteiger partial charge in [-0.1, -0.05) is 30.3 Å². The maximum Gasteiger partial charge on any atom is 0.243 e. The molecular weight excluding hydrogens is 320 g/mol. The second-order valence-corrected chi connectivity index (χ2v) is 8.89. The zero-order valence-corrected chi connectivity index (χ0v) is 14.6. The van der Waals surface area contributed by atoms with Gasteiger partial charge < -0.3 is 5.32 Å². The molecule has 0 aliphatic carbocycles. The van der Waals surface area contributed by atoms with Gasteiger partial charge in [0.1, 0.15) is 0 Å². The Balaban J connectivity index is 1.52. The van der Waals surface area contributed by atoms with Gasteiger partial charge in [0, 0.05) is 19.1 Å². The van der Waals surface area contributed by atoms with Crippen molar-refractivity contribution in [3.63, 3.8) is 0 Å². The average molecular weight is 344 g/mol. The van der Waals surface area contributed by atoms with E-state index >= 15 is 0 Å². The average Bonchev–Trinajstić information content (AvgIpc) is 3.16. The monoisotopic (exact) mass is 344 g/mol. The van der Waals surface area contributed by atoms with Gasteiger partial charge >= 0.3 is 0 Å². The normalized spacial score (nSPS) is 23.8. The molecule has 0 spiro atoms. The fourth-order valence-corrected chi connectivity index (χ4v) is 5.61. The van der Waals surface area contributed by atoms with Crippen LogP contribution in [-0.4, -0.2) is 38.4 Å². The molecule has 0 radical (unpaired) electrons. The van der Waals surface area contributed by atoms with Crippen LogP contribution in [-0.2, 0) is 10.0 Å². The molecule has 0 aromatic heterocycles. The van der Waals surface area contributed by atoms with Crippen molar-refractivity contribution in [2.75, 3.05) is 19.6 Å². The van der Waals surface area contributed by atoms with Crippen LogP contribution in [0.2, 0.25) is 0 Å². The molecule has 2 aromatic rings. The zero-order valence-electron chi connectivity index (χ0n) is 13.8. The first kappa shape index (κ1) is 16.1. The van der Waals surface area contributed by atoms with E-state index in [-0.39, 0.29) is 0 Å². The Morgan fingerprint density at radius 1 is 0.958 bits per heavy atom. The molecule has 2 fully saturated rings. The van der Waals surface area contributed by atoms with E-state index in [0.717, 1.165) is 30.2 Å². The quantitative estimate of drug-likeness (QED) is 0.931. The summed E-state index contributed by atoms with van der Waals surface area (Å²) in [6.07, 6.45) is 4.41. The molecule has 4 nitrogen and oxygen atoms in total. The Labute approximate surface area is 143 Å². The molecule has 1 N–H and O–H groups in total. The molecule has 128 valence electrons. The lowest BCUT2D eigenvalue weighted by Gasteiger charge is -2.34. The van der Waals surface area contributed by atoms with Crippen LogP contribution >= 0.6 is 0 Å². The summed E-state index contributed by atoms with van der Waals surface area (Å²) in [5.74, 6) is 0.621. The van der Waals surface area contributed by atoms with Gasteiger partial charge in [-0.25, -0.2) is 8.42 Å². The minimum Gasteiger partial charge on any atom is -0.314 e. The second-order valence-electron chi connectivity index (χ2n) is 6.95. The Kier molecular flexibility index (Phi) is 4.33. The van der Waals surface area contributed by atoms with Crippen molar-refractivity contribution >= 4 is 20.8 Å². The van der Waals surface area contributed by atoms with Crippen LogP contribution in [0.1, 0.15) is 25.7 Å². The van der Waals surface area contributed by atoms with Crippen LogP contribution in [0.25, 0.3) is 10.8 Å². The molecule has 2 saturated heterocycles. The Morgan fingerprint density at radius 3 is 2.42 bits per heavy atom. The molecule has 0 saturated carbocycles. The molecule has 5 heteroatoms. The van der Waals surface area contributed by atoms with E-state index in [0.29, 0.717) is 29.9 Å². The highest BCUT2D eigenvalue weighted by molar-refractivity contribution is 7.89. The minimum atomic E-state index is -3.39. The van der Waals surface area contributed by atoms with Gasteiger partial charge in [-0.15, -0.1) is 0 Å². The van der Waals surface area contributed by atoms with Crippen molar-refractivity contribution in [3.8, 4) is 0 Å². The van der Waals surface area contributed by atoms with Gasteiger partial charge in [0.15, 0.2) is 0 Å². The molecule has 24 heavy (non-hydrogen) atoms. The van der Waals surface area contributed by atoms with E-state index in [4.69, 9.17) is 0 Å². The number of benzene rings is 2. The summed E-state index contributed by atoms with van der Waals surface area (Å²) < 4.78 is 27.6. The summed E-state index contributed by atoms with van der Waals surface area (Å²) in [7, 11) is -3.39. The van der Waals surface area contributed by atoms with E-state index in [1.54, 1.807) is 16.4 Å². The van der Waals surface area contributed by atoms with Crippen molar-refractivity contribution in [2.45, 2.75) is 36.6 Å². The third-order valence-electron chi connectivity index (χ3n) is 5.52. The predicted octanol–water partition coefficient (Wildman–Crippen LogP) is 2.99. The maximum atomic E-state index is 13.0. The molecule has 2 heterocycles. The molecular formula is C19H24N2O2S. The lowest BCUT2D eigenvalue weighted by molar-refractivity contribution is 0.234. The SMILES string of the molecule is O=S(=O)(c1ccc2ccccc2c1)N1CCC(C2CCCN2)CC1. The van der Waals surface area contributed by atoms with E-state index in [9.17, 15) is 8.42 Å². The first-order valence-electron chi connectivity index (χ1n) is 8.87. The van der Waals surface area contributed by atoms with Crippen LogP contribution in [0.4, 0.5) is 0 Å². The third-order valence-corrected chi connectivity index (χ3v) is 7.42. The number of sulfonamides is 1. The molecule has 4 rings (SSSR count). The van der Waals surface area contributed by atoms with Crippen molar-refractivity contribution in [1.82, 2.24) is 9.62 Å². The first-order valence-corrected chi connectivity index (χ1v) is 10.3. The Bertz CT molecular complexity index is 820. The molecule has 0 bridgehead atoms. The van der Waals surface area contributed by atoms with E-state index in [1.165, 1.54) is 12.8 Å². The second kappa shape index (κ2) is 6.47. The lowest BCUT2D eigenvalue weighted by atomic mass is 9.89. The van der Waals surface area contributed by atoms with Gasteiger partial charge in [0.25, 0.3) is 0 Å². The van der Waals surface area contributed by atoms with Crippen molar-refractivity contribution in [2.24, 2.45) is 5.92 Å². The number of piperidine rings is 1. The largest absolute Gasteiger partial charge is 0.314 e. The topological polar surface area (TPSA) is 49.4 Å². The number of nitrogens with one attached hydrogen (secondary N) is 1. The van der Waals surface area contributed by atoms with Crippen LogP contribution in [0.3, 0.4) is 0 Å². The summed E-state index contributed by atoms with van der Waals surface area (Å²) in [5, 5.41) is 5.61. The van der Waals surface area contributed by atoms with Gasteiger partial charge in [0.2, 0.25) is 10.0 Å². The van der Waals surface area contributed by atoms with E-state index in [1.807, 2.05) is 30.3 Å². The molecule has 0 amide bonds. The van der Waals surface area contributed by atoms with Gasteiger partial charge in [-0.2, -0.15) is 4.31 Å². The summed E-state index contributed by atoms with van der Waals surface area (Å²) in [6, 6.07) is 13.9. The Morgan fingerprint density at radius 2 is 1.71 bits per heavy atom. The number of fused-ring (bicyclic) bond motifs is 1. The summed E-state index contributed by atoms with van der Waals surface area (Å²) in [4.78, 5) is 0.415. The number of hydrogen-bond acceptors (Lipinski definition) is 3. The maximum absolute atomic E-state index is 13.0. The van der Waals surface area contributed by atoms with Gasteiger partial charge in [-0.3, -0.25) is 0 Å². The van der Waals surface area contributed by atoms with Crippen LogP contribution in [0, 0.1) is 5.92 Å². The number of nitrogens with zero attached hydrogens (tertiary/aromatic N) is 1. The van der Waals surface area contributed by atoms with E-state index < -0.39 is 10.0 Å². The van der Waals surface area contributed by atoms with Gasteiger partial charge in [0.05, 0.1) is 4.90 Å². The zero-order chi connectivity index (χ0) is 16.6. The van der Waals surface area contributed by atoms with Crippen LogP contribution < -0.4 is 5.32 Å². The fourth-order valence-electron chi connectivity index (χ4n) is 4.11. The highest BCUT2D eigenvalue weighted by atomic mass is 32.2.